The Balaban J connectivity index is 1.30. The third-order valence-electron chi connectivity index (χ3n) is 17.7. The normalized spacial score (nSPS) is 13.2. The maximum Gasteiger partial charge on any atom is 0.164 e. The number of nitrogens with zero attached hydrogens (tertiary/aromatic N) is 8. The van der Waals surface area contributed by atoms with E-state index in [1.54, 1.807) is 0 Å². The Labute approximate surface area is 513 Å². The van der Waals surface area contributed by atoms with Crippen molar-refractivity contribution in [1.82, 2.24) is 38.6 Å². The highest BCUT2D eigenvalue weighted by molar-refractivity contribution is 6.13. The SMILES string of the molecule is CC(C)(C)c1ccc2c(c1)c1cc(C(C)(C)C)ccc1n2-c1cc(-c2nc(-c3ccccc3)nc(-c3ccccc3)n2)cc(-n2c3ccc(C(C)(C)C)cc3c3cc(C(C)(C)C)ccc32)c1-n1c2ccc(C(C)(C)C)nc2c2nc(C(C)(C)C)ccc21. The van der Waals surface area contributed by atoms with Crippen LogP contribution in [-0.4, -0.2) is 38.6 Å². The van der Waals surface area contributed by atoms with Crippen molar-refractivity contribution in [1.29, 1.82) is 0 Å². The van der Waals surface area contributed by atoms with Crippen molar-refractivity contribution in [3.63, 3.8) is 0 Å². The first-order valence-electron chi connectivity index (χ1n) is 31.0. The third kappa shape index (κ3) is 9.99. The van der Waals surface area contributed by atoms with Gasteiger partial charge in [-0.25, -0.2) is 24.9 Å². The first kappa shape index (κ1) is 57.3. The van der Waals surface area contributed by atoms with Gasteiger partial charge in [0.25, 0.3) is 0 Å². The number of benzene rings is 7. The number of aromatic nitrogens is 8. The predicted molar refractivity (Wildman–Crippen MR) is 367 cm³/mol. The zero-order chi connectivity index (χ0) is 61.7. The number of hydrogen-bond acceptors (Lipinski definition) is 5. The smallest absolute Gasteiger partial charge is 0.164 e. The molecule has 0 spiro atoms. The first-order chi connectivity index (χ1) is 40.9. The Hall–Kier alpha value is -8.75. The average molecular weight is 1140 g/mol. The molecule has 8 nitrogen and oxygen atoms in total. The van der Waals surface area contributed by atoms with Gasteiger partial charge in [0, 0.05) is 60.5 Å². The number of rotatable bonds is 6. The van der Waals surface area contributed by atoms with E-state index in [0.717, 1.165) is 89.3 Å². The van der Waals surface area contributed by atoms with Crippen LogP contribution in [-0.2, 0) is 32.5 Å². The van der Waals surface area contributed by atoms with Crippen LogP contribution in [0.15, 0.2) is 170 Å². The van der Waals surface area contributed by atoms with Gasteiger partial charge in [-0.1, -0.05) is 210 Å². The lowest BCUT2D eigenvalue weighted by Gasteiger charge is -2.24. The summed E-state index contributed by atoms with van der Waals surface area (Å²) in [4.78, 5) is 27.7. The van der Waals surface area contributed by atoms with Crippen LogP contribution in [0.4, 0.5) is 0 Å². The molecule has 0 aliphatic heterocycles. The molecular formula is C79H82N8. The lowest BCUT2D eigenvalue weighted by Crippen LogP contribution is -2.14. The van der Waals surface area contributed by atoms with E-state index in [0.29, 0.717) is 17.5 Å². The molecule has 6 heterocycles. The average Bonchev–Trinajstić information content (AvgIpc) is 1.61. The van der Waals surface area contributed by atoms with Gasteiger partial charge in [0.15, 0.2) is 17.5 Å². The Morgan fingerprint density at radius 3 is 0.828 bits per heavy atom. The second-order valence-electron chi connectivity index (χ2n) is 30.5. The van der Waals surface area contributed by atoms with Gasteiger partial charge >= 0.3 is 0 Å². The molecule has 13 rings (SSSR count). The minimum absolute atomic E-state index is 0.106. The molecule has 87 heavy (non-hydrogen) atoms. The Morgan fingerprint density at radius 2 is 0.540 bits per heavy atom. The number of hydrogen-bond donors (Lipinski definition) is 0. The van der Waals surface area contributed by atoms with Gasteiger partial charge in [0.1, 0.15) is 11.0 Å². The van der Waals surface area contributed by atoms with Crippen LogP contribution in [0.2, 0.25) is 0 Å². The molecule has 0 aliphatic rings. The summed E-state index contributed by atoms with van der Waals surface area (Å²) in [5, 5.41) is 4.76. The molecular weight excluding hydrogens is 1060 g/mol. The third-order valence-corrected chi connectivity index (χ3v) is 17.7. The molecule has 0 aliphatic carbocycles. The Kier molecular flexibility index (Phi) is 13.1. The van der Waals surface area contributed by atoms with Gasteiger partial charge in [-0.2, -0.15) is 0 Å². The van der Waals surface area contributed by atoms with Gasteiger partial charge in [-0.3, -0.25) is 0 Å². The monoisotopic (exact) mass is 1140 g/mol. The van der Waals surface area contributed by atoms with E-state index in [-0.39, 0.29) is 32.5 Å². The van der Waals surface area contributed by atoms with Crippen molar-refractivity contribution in [2.45, 2.75) is 157 Å². The van der Waals surface area contributed by atoms with Crippen LogP contribution >= 0.6 is 0 Å². The van der Waals surface area contributed by atoms with Crippen LogP contribution in [0.3, 0.4) is 0 Å². The zero-order valence-corrected chi connectivity index (χ0v) is 54.2. The maximum atomic E-state index is 5.68. The molecule has 0 N–H and O–H groups in total. The molecule has 0 amide bonds. The molecule has 0 unspecified atom stereocenters. The lowest BCUT2D eigenvalue weighted by molar-refractivity contribution is 0.570. The molecule has 13 aromatic rings. The standard InChI is InChI=1S/C79H82N8/c1-74(2,3)50-29-33-58-54(43-50)55-44-51(75(4,5)6)30-34-59(55)85(58)64-41-49(73-83-71(47-25-21-19-22-26-47)82-72(84-73)48-27-23-20-24-28-48)42-65(86-60-35-31-52(76(7,8)9)45-56(60)57-46-53(77(10,11)12)32-36-61(57)86)70(64)87-62-37-39-66(78(13,14)15)80-68(62)69-63(87)38-40-67(81-69)79(16,17)18/h19-46H,1-18H3. The highest BCUT2D eigenvalue weighted by atomic mass is 15.1. The fraction of sp³-hybridized carbons (Fsp3) is 0.304. The second kappa shape index (κ2) is 19.9. The predicted octanol–water partition coefficient (Wildman–Crippen LogP) is 20.7. The highest BCUT2D eigenvalue weighted by Crippen LogP contribution is 2.47. The number of pyridine rings is 2. The molecule has 8 heteroatoms. The summed E-state index contributed by atoms with van der Waals surface area (Å²) < 4.78 is 7.53. The van der Waals surface area contributed by atoms with E-state index in [9.17, 15) is 0 Å². The summed E-state index contributed by atoms with van der Waals surface area (Å²) in [6, 6.07) is 62.9. The fourth-order valence-electron chi connectivity index (χ4n) is 12.5. The summed E-state index contributed by atoms with van der Waals surface area (Å²) in [6.07, 6.45) is 0. The van der Waals surface area contributed by atoms with Gasteiger partial charge in [0.05, 0.1) is 50.2 Å². The summed E-state index contributed by atoms with van der Waals surface area (Å²) >= 11 is 0. The maximum absolute atomic E-state index is 5.68. The minimum atomic E-state index is -0.231. The van der Waals surface area contributed by atoms with E-state index < -0.39 is 0 Å². The van der Waals surface area contributed by atoms with E-state index in [4.69, 9.17) is 24.9 Å². The Bertz CT molecular complexity index is 4450. The van der Waals surface area contributed by atoms with E-state index in [1.165, 1.54) is 43.8 Å². The summed E-state index contributed by atoms with van der Waals surface area (Å²) in [6.45, 7) is 41.2. The van der Waals surface area contributed by atoms with Crippen LogP contribution < -0.4 is 0 Å². The summed E-state index contributed by atoms with van der Waals surface area (Å²) in [7, 11) is 0. The van der Waals surface area contributed by atoms with Crippen LogP contribution in [0.25, 0.3) is 117 Å². The summed E-state index contributed by atoms with van der Waals surface area (Å²) in [5.74, 6) is 1.75. The molecule has 0 saturated carbocycles. The molecule has 0 radical (unpaired) electrons. The Morgan fingerprint density at radius 1 is 0.253 bits per heavy atom. The van der Waals surface area contributed by atoms with Crippen molar-refractivity contribution < 1.29 is 0 Å². The van der Waals surface area contributed by atoms with Gasteiger partial charge in [-0.15, -0.1) is 0 Å². The van der Waals surface area contributed by atoms with Crippen molar-refractivity contribution in [2.75, 3.05) is 0 Å². The largest absolute Gasteiger partial charge is 0.307 e. The van der Waals surface area contributed by atoms with Crippen molar-refractivity contribution in [3.8, 4) is 51.2 Å². The molecule has 0 fully saturated rings. The topological polar surface area (TPSA) is 79.2 Å². The van der Waals surface area contributed by atoms with E-state index in [2.05, 4.69) is 272 Å². The highest BCUT2D eigenvalue weighted by Gasteiger charge is 2.32. The van der Waals surface area contributed by atoms with E-state index >= 15 is 0 Å². The molecule has 6 aromatic heterocycles. The van der Waals surface area contributed by atoms with Gasteiger partial charge in [-0.05, 0) is 129 Å². The molecule has 7 aromatic carbocycles. The van der Waals surface area contributed by atoms with Crippen molar-refractivity contribution in [2.24, 2.45) is 0 Å². The summed E-state index contributed by atoms with van der Waals surface area (Å²) in [5.41, 5.74) is 19.7. The molecule has 0 saturated heterocycles. The molecule has 438 valence electrons. The van der Waals surface area contributed by atoms with Crippen LogP contribution in [0.1, 0.15) is 158 Å². The molecule has 0 bridgehead atoms. The van der Waals surface area contributed by atoms with E-state index in [1.807, 2.05) is 36.4 Å². The van der Waals surface area contributed by atoms with Crippen molar-refractivity contribution >= 4 is 65.7 Å². The van der Waals surface area contributed by atoms with Gasteiger partial charge in [0.2, 0.25) is 0 Å². The molecule has 0 atom stereocenters. The lowest BCUT2D eigenvalue weighted by atomic mass is 9.85. The van der Waals surface area contributed by atoms with Crippen LogP contribution in [0, 0.1) is 0 Å². The van der Waals surface area contributed by atoms with Crippen LogP contribution in [0.5, 0.6) is 0 Å². The zero-order valence-electron chi connectivity index (χ0n) is 54.2. The quantitative estimate of drug-likeness (QED) is 0.166. The first-order valence-corrected chi connectivity index (χ1v) is 31.0. The van der Waals surface area contributed by atoms with Crippen molar-refractivity contribution in [3.05, 3.63) is 203 Å². The number of fused-ring (bicyclic) bond motifs is 9. The van der Waals surface area contributed by atoms with Gasteiger partial charge < -0.3 is 13.7 Å². The second-order valence-corrected chi connectivity index (χ2v) is 30.5. The fourth-order valence-corrected chi connectivity index (χ4v) is 12.5. The minimum Gasteiger partial charge on any atom is -0.307 e.